The number of carbonyl (C=O) groups is 1. The molecule has 7 heteroatoms. The van der Waals surface area contributed by atoms with E-state index < -0.39 is 0 Å². The quantitative estimate of drug-likeness (QED) is 0.708. The molecule has 4 rings (SSSR count). The van der Waals surface area contributed by atoms with Crippen molar-refractivity contribution in [3.05, 3.63) is 77.5 Å². The number of anilines is 2. The van der Waals surface area contributed by atoms with E-state index in [4.69, 9.17) is 16.0 Å². The van der Waals surface area contributed by atoms with Crippen LogP contribution >= 0.6 is 11.6 Å². The van der Waals surface area contributed by atoms with Crippen molar-refractivity contribution in [2.45, 2.75) is 6.54 Å². The van der Waals surface area contributed by atoms with E-state index in [9.17, 15) is 4.79 Å². The van der Waals surface area contributed by atoms with E-state index in [-0.39, 0.29) is 5.91 Å². The molecule has 3 aromatic rings. The zero-order valence-electron chi connectivity index (χ0n) is 15.3. The molecule has 1 aliphatic rings. The van der Waals surface area contributed by atoms with E-state index in [1.54, 1.807) is 18.5 Å². The van der Waals surface area contributed by atoms with Crippen LogP contribution in [0.25, 0.3) is 0 Å². The Morgan fingerprint density at radius 2 is 1.96 bits per heavy atom. The van der Waals surface area contributed by atoms with Crippen LogP contribution in [-0.2, 0) is 6.54 Å². The number of nitrogens with one attached hydrogen (secondary N) is 1. The van der Waals surface area contributed by atoms with E-state index in [2.05, 4.69) is 15.2 Å². The highest BCUT2D eigenvalue weighted by Gasteiger charge is 2.23. The second-order valence-corrected chi connectivity index (χ2v) is 7.06. The lowest BCUT2D eigenvalue weighted by atomic mass is 10.2. The molecule has 6 nitrogen and oxygen atoms in total. The van der Waals surface area contributed by atoms with Crippen molar-refractivity contribution < 1.29 is 9.21 Å². The smallest absolute Gasteiger partial charge is 0.272 e. The fraction of sp³-hybridized carbons (Fsp3) is 0.238. The molecular formula is C21H21ClN4O2. The van der Waals surface area contributed by atoms with Gasteiger partial charge in [-0.05, 0) is 42.5 Å². The van der Waals surface area contributed by atoms with Gasteiger partial charge in [0.2, 0.25) is 0 Å². The van der Waals surface area contributed by atoms with Gasteiger partial charge in [0.15, 0.2) is 0 Å². The molecule has 0 unspecified atom stereocenters. The monoisotopic (exact) mass is 396 g/mol. The summed E-state index contributed by atoms with van der Waals surface area (Å²) < 4.78 is 5.32. The molecule has 1 amide bonds. The van der Waals surface area contributed by atoms with Crippen molar-refractivity contribution >= 4 is 28.9 Å². The lowest BCUT2D eigenvalue weighted by molar-refractivity contribution is 0.0741. The van der Waals surface area contributed by atoms with Gasteiger partial charge in [0.1, 0.15) is 11.5 Å². The Hall–Kier alpha value is -2.99. The molecular weight excluding hydrogens is 376 g/mol. The van der Waals surface area contributed by atoms with Gasteiger partial charge in [-0.15, -0.1) is 0 Å². The van der Waals surface area contributed by atoms with Gasteiger partial charge < -0.3 is 19.5 Å². The zero-order valence-corrected chi connectivity index (χ0v) is 16.1. The van der Waals surface area contributed by atoms with Crippen molar-refractivity contribution in [2.24, 2.45) is 0 Å². The van der Waals surface area contributed by atoms with Crippen molar-refractivity contribution in [1.29, 1.82) is 0 Å². The van der Waals surface area contributed by atoms with Crippen LogP contribution in [0, 0.1) is 0 Å². The number of piperazine rings is 1. The summed E-state index contributed by atoms with van der Waals surface area (Å²) in [7, 11) is 0. The average molecular weight is 397 g/mol. The summed E-state index contributed by atoms with van der Waals surface area (Å²) in [6.07, 6.45) is 3.29. The molecule has 1 aromatic carbocycles. The second-order valence-electron chi connectivity index (χ2n) is 6.62. The maximum absolute atomic E-state index is 12.9. The van der Waals surface area contributed by atoms with Gasteiger partial charge in [-0.3, -0.25) is 9.78 Å². The van der Waals surface area contributed by atoms with Gasteiger partial charge in [-0.1, -0.05) is 17.7 Å². The lowest BCUT2D eigenvalue weighted by Crippen LogP contribution is -2.49. The molecule has 0 bridgehead atoms. The first-order valence-corrected chi connectivity index (χ1v) is 9.59. The second kappa shape index (κ2) is 8.35. The summed E-state index contributed by atoms with van der Waals surface area (Å²) in [5, 5.41) is 3.98. The highest BCUT2D eigenvalue weighted by atomic mass is 35.5. The van der Waals surface area contributed by atoms with Crippen LogP contribution in [0.2, 0.25) is 5.02 Å². The Labute approximate surface area is 168 Å². The maximum Gasteiger partial charge on any atom is 0.272 e. The first-order valence-electron chi connectivity index (χ1n) is 9.21. The van der Waals surface area contributed by atoms with E-state index in [1.165, 1.54) is 0 Å². The van der Waals surface area contributed by atoms with E-state index in [0.29, 0.717) is 25.3 Å². The van der Waals surface area contributed by atoms with Crippen molar-refractivity contribution in [3.8, 4) is 0 Å². The number of hydrogen-bond acceptors (Lipinski definition) is 5. The minimum Gasteiger partial charge on any atom is -0.467 e. The normalized spacial score (nSPS) is 14.2. The molecule has 3 heterocycles. The predicted molar refractivity (Wildman–Crippen MR) is 110 cm³/mol. The Kier molecular flexibility index (Phi) is 5.48. The van der Waals surface area contributed by atoms with Gasteiger partial charge in [0.05, 0.1) is 12.8 Å². The molecule has 1 N–H and O–H groups in total. The summed E-state index contributed by atoms with van der Waals surface area (Å²) in [5.41, 5.74) is 2.37. The largest absolute Gasteiger partial charge is 0.467 e. The third kappa shape index (κ3) is 4.28. The van der Waals surface area contributed by atoms with Crippen molar-refractivity contribution in [2.75, 3.05) is 36.4 Å². The van der Waals surface area contributed by atoms with Crippen LogP contribution in [0.1, 0.15) is 16.2 Å². The van der Waals surface area contributed by atoms with Crippen LogP contribution in [0.4, 0.5) is 11.4 Å². The SMILES string of the molecule is O=C(c1cc(NCc2ccco2)ccn1)N1CCN(c2cccc(Cl)c2)CC1. The molecule has 0 spiro atoms. The fourth-order valence-electron chi connectivity index (χ4n) is 3.26. The summed E-state index contributed by atoms with van der Waals surface area (Å²) in [6.45, 7) is 3.39. The molecule has 144 valence electrons. The number of rotatable bonds is 5. The highest BCUT2D eigenvalue weighted by Crippen LogP contribution is 2.21. The van der Waals surface area contributed by atoms with Crippen LogP contribution in [0.3, 0.4) is 0 Å². The van der Waals surface area contributed by atoms with E-state index in [0.717, 1.165) is 35.2 Å². The number of hydrogen-bond donors (Lipinski definition) is 1. The number of benzene rings is 1. The van der Waals surface area contributed by atoms with Gasteiger partial charge in [-0.25, -0.2) is 0 Å². The average Bonchev–Trinajstić information content (AvgIpc) is 3.26. The summed E-state index contributed by atoms with van der Waals surface area (Å²) in [6, 6.07) is 15.2. The Bertz CT molecular complexity index is 937. The Morgan fingerprint density at radius 3 is 2.71 bits per heavy atom. The maximum atomic E-state index is 12.9. The minimum absolute atomic E-state index is 0.0487. The topological polar surface area (TPSA) is 61.6 Å². The summed E-state index contributed by atoms with van der Waals surface area (Å²) in [4.78, 5) is 21.2. The number of pyridine rings is 1. The number of carbonyl (C=O) groups excluding carboxylic acids is 1. The zero-order chi connectivity index (χ0) is 19.3. The number of aromatic nitrogens is 1. The van der Waals surface area contributed by atoms with Crippen molar-refractivity contribution in [1.82, 2.24) is 9.88 Å². The number of furan rings is 1. The molecule has 2 aromatic heterocycles. The van der Waals surface area contributed by atoms with Crippen LogP contribution in [0.15, 0.2) is 65.4 Å². The molecule has 1 fully saturated rings. The first kappa shape index (κ1) is 18.4. The van der Waals surface area contributed by atoms with Crippen molar-refractivity contribution in [3.63, 3.8) is 0 Å². The van der Waals surface area contributed by atoms with Gasteiger partial charge in [0.25, 0.3) is 5.91 Å². The molecule has 28 heavy (non-hydrogen) atoms. The molecule has 1 saturated heterocycles. The fourth-order valence-corrected chi connectivity index (χ4v) is 3.45. The molecule has 0 aliphatic carbocycles. The summed E-state index contributed by atoms with van der Waals surface area (Å²) >= 11 is 6.09. The number of nitrogens with zero attached hydrogens (tertiary/aromatic N) is 3. The summed E-state index contributed by atoms with van der Waals surface area (Å²) in [5.74, 6) is 0.786. The van der Waals surface area contributed by atoms with Gasteiger partial charge in [-0.2, -0.15) is 0 Å². The van der Waals surface area contributed by atoms with Crippen LogP contribution in [0.5, 0.6) is 0 Å². The van der Waals surface area contributed by atoms with E-state index >= 15 is 0 Å². The Morgan fingerprint density at radius 1 is 1.11 bits per heavy atom. The molecule has 0 radical (unpaired) electrons. The minimum atomic E-state index is -0.0487. The molecule has 0 atom stereocenters. The van der Waals surface area contributed by atoms with Gasteiger partial charge in [0, 0.05) is 48.8 Å². The lowest BCUT2D eigenvalue weighted by Gasteiger charge is -2.36. The number of amides is 1. The highest BCUT2D eigenvalue weighted by molar-refractivity contribution is 6.30. The van der Waals surface area contributed by atoms with Gasteiger partial charge >= 0.3 is 0 Å². The van der Waals surface area contributed by atoms with Crippen LogP contribution in [-0.4, -0.2) is 42.0 Å². The van der Waals surface area contributed by atoms with Crippen LogP contribution < -0.4 is 10.2 Å². The first-order chi connectivity index (χ1) is 13.7. The third-order valence-electron chi connectivity index (χ3n) is 4.77. The number of halogens is 1. The standard InChI is InChI=1S/C21H21ClN4O2/c22-16-3-1-4-18(13-16)25-8-10-26(11-9-25)21(27)20-14-17(6-7-23-20)24-15-19-5-2-12-28-19/h1-7,12-14H,8-11,15H2,(H,23,24). The molecule has 0 saturated carbocycles. The Balaban J connectivity index is 1.36. The van der Waals surface area contributed by atoms with E-state index in [1.807, 2.05) is 47.4 Å². The predicted octanol–water partition coefficient (Wildman–Crippen LogP) is 3.90. The third-order valence-corrected chi connectivity index (χ3v) is 5.00. The molecule has 1 aliphatic heterocycles.